The standard InChI is InChI=1S/C43H66N2O12/c1-9-11-13-21-31-42(6,7)38(50)39(51)43(54,57-31)28(10-2)40(52)44-23-17-16-19-26(4)36(55-8)27(5)37-35(49)34(48)30(56-37)20-15-12-14-18-25(3)33(47)32-29(46)22-24-45-41(32)53/h9,11,13,15-17,20-22,24-28,30-31,34-39,48-51,54H,10,12,14,18-19,23H2,1-8H3,(H,44,52)(H2,45,46,53)/b11-9-,17-16+,20-15+,21-13+/t25?,26?,27-,28-,30-,31+,34+,35+,36-,37+,38+,39-,43-/m1/s1. The van der Waals surface area contributed by atoms with Crippen LogP contribution in [0.2, 0.25) is 0 Å². The molecule has 320 valence electrons. The Balaban J connectivity index is 1.51. The molecule has 3 heterocycles. The molecule has 3 rings (SSSR count). The number of H-pyrrole nitrogens is 1. The number of nitrogens with one attached hydrogen (secondary N) is 2. The highest BCUT2D eigenvalue weighted by atomic mass is 16.7. The van der Waals surface area contributed by atoms with E-state index in [0.717, 1.165) is 0 Å². The van der Waals surface area contributed by atoms with Crippen LogP contribution in [0.15, 0.2) is 65.7 Å². The fourth-order valence-corrected chi connectivity index (χ4v) is 7.89. The number of methoxy groups -OCH3 is 1. The molecule has 13 atom stereocenters. The lowest BCUT2D eigenvalue weighted by Crippen LogP contribution is -2.69. The van der Waals surface area contributed by atoms with Crippen LogP contribution in [0.1, 0.15) is 90.9 Å². The maximum absolute atomic E-state index is 13.3. The zero-order valence-electron chi connectivity index (χ0n) is 34.6. The summed E-state index contributed by atoms with van der Waals surface area (Å²) in [6.45, 7) is 12.7. The number of aliphatic hydroxyl groups is 5. The summed E-state index contributed by atoms with van der Waals surface area (Å²) in [4.78, 5) is 40.5. The van der Waals surface area contributed by atoms with Crippen molar-refractivity contribution in [2.24, 2.45) is 29.1 Å². The molecule has 0 saturated carbocycles. The number of unbranched alkanes of at least 4 members (excludes halogenated alkanes) is 1. The van der Waals surface area contributed by atoms with Gasteiger partial charge in [-0.3, -0.25) is 14.4 Å². The number of carbonyl (C=O) groups excluding carboxylic acids is 2. The quantitative estimate of drug-likeness (QED) is 0.0411. The number of carbonyl (C=O) groups is 2. The Morgan fingerprint density at radius 2 is 1.74 bits per heavy atom. The summed E-state index contributed by atoms with van der Waals surface area (Å²) in [5.41, 5.74) is -1.82. The summed E-state index contributed by atoms with van der Waals surface area (Å²) >= 11 is 0. The van der Waals surface area contributed by atoms with Crippen LogP contribution in [0.3, 0.4) is 0 Å². The first-order valence-electron chi connectivity index (χ1n) is 20.0. The second-order valence-corrected chi connectivity index (χ2v) is 16.1. The molecule has 0 aromatic carbocycles. The Bertz CT molecular complexity index is 1640. The zero-order valence-corrected chi connectivity index (χ0v) is 34.6. The molecule has 1 aromatic rings. The van der Waals surface area contributed by atoms with E-state index in [0.29, 0.717) is 25.7 Å². The number of hydrogen-bond donors (Lipinski definition) is 8. The Morgan fingerprint density at radius 3 is 2.37 bits per heavy atom. The molecule has 2 aliphatic rings. The Kier molecular flexibility index (Phi) is 18.1. The van der Waals surface area contributed by atoms with Crippen molar-refractivity contribution in [3.8, 4) is 5.75 Å². The Morgan fingerprint density at radius 1 is 1.04 bits per heavy atom. The number of ether oxygens (including phenoxy) is 3. The topological polar surface area (TPSA) is 228 Å². The Hall–Kier alpha value is -3.47. The monoisotopic (exact) mass is 802 g/mol. The zero-order chi connectivity index (χ0) is 42.7. The van der Waals surface area contributed by atoms with Gasteiger partial charge in [0, 0.05) is 37.1 Å². The highest BCUT2D eigenvalue weighted by molar-refractivity contribution is 5.99. The van der Waals surface area contributed by atoms with Crippen molar-refractivity contribution in [3.05, 3.63) is 76.8 Å². The number of aromatic amines is 1. The molecule has 2 fully saturated rings. The number of rotatable bonds is 20. The average molecular weight is 803 g/mol. The average Bonchev–Trinajstić information content (AvgIpc) is 3.45. The minimum atomic E-state index is -2.33. The second-order valence-electron chi connectivity index (χ2n) is 16.1. The highest BCUT2D eigenvalue weighted by Crippen LogP contribution is 2.44. The van der Waals surface area contributed by atoms with E-state index < -0.39 is 83.0 Å². The number of hydrogen-bond acceptors (Lipinski definition) is 12. The third-order valence-electron chi connectivity index (χ3n) is 11.6. The van der Waals surface area contributed by atoms with E-state index in [-0.39, 0.29) is 42.2 Å². The van der Waals surface area contributed by atoms with Gasteiger partial charge in [-0.1, -0.05) is 90.2 Å². The number of aliphatic hydroxyl groups excluding tert-OH is 4. The summed E-state index contributed by atoms with van der Waals surface area (Å²) in [6, 6.07) is 1.27. The number of pyridine rings is 1. The lowest BCUT2D eigenvalue weighted by molar-refractivity contribution is -0.359. The molecule has 1 amide bonds. The number of ketones is 1. The fraction of sp³-hybridized carbons (Fsp3) is 0.651. The van der Waals surface area contributed by atoms with Gasteiger partial charge in [0.15, 0.2) is 5.78 Å². The molecule has 14 nitrogen and oxygen atoms in total. The van der Waals surface area contributed by atoms with Crippen molar-refractivity contribution in [1.29, 1.82) is 0 Å². The molecule has 57 heavy (non-hydrogen) atoms. The van der Waals surface area contributed by atoms with Crippen LogP contribution in [0.5, 0.6) is 5.75 Å². The van der Waals surface area contributed by atoms with E-state index in [2.05, 4.69) is 10.3 Å². The maximum Gasteiger partial charge on any atom is 0.262 e. The molecule has 0 bridgehead atoms. The molecule has 2 aliphatic heterocycles. The molecule has 8 N–H and O–H groups in total. The van der Waals surface area contributed by atoms with Gasteiger partial charge in [0.05, 0.1) is 30.3 Å². The van der Waals surface area contributed by atoms with E-state index in [1.807, 2.05) is 39.0 Å². The van der Waals surface area contributed by atoms with Crippen molar-refractivity contribution in [1.82, 2.24) is 10.3 Å². The minimum Gasteiger partial charge on any atom is -0.507 e. The van der Waals surface area contributed by atoms with Gasteiger partial charge in [0.25, 0.3) is 5.56 Å². The SMILES string of the molecule is C/C=C\C=C\[C@@H]1O[C@](O)([C@H](CC)C(=O)NC/C=C/CC(C)[C@@H](OC)[C@@H](C)[C@@H]2O[C@H](/C=C/CCCC(C)C(=O)c3c(O)cc[nH]c3=O)[C@H](O)[C@@H]2O)[C@H](O)[C@H](O)C1(C)C. The summed E-state index contributed by atoms with van der Waals surface area (Å²) in [5.74, 6) is -5.66. The van der Waals surface area contributed by atoms with E-state index in [4.69, 9.17) is 14.2 Å². The van der Waals surface area contributed by atoms with Crippen LogP contribution in [0.25, 0.3) is 0 Å². The van der Waals surface area contributed by atoms with Crippen molar-refractivity contribution >= 4 is 11.7 Å². The third kappa shape index (κ3) is 11.4. The summed E-state index contributed by atoms with van der Waals surface area (Å²) < 4.78 is 18.0. The smallest absolute Gasteiger partial charge is 0.262 e. The lowest BCUT2D eigenvalue weighted by Gasteiger charge is -2.53. The molecule has 14 heteroatoms. The van der Waals surface area contributed by atoms with Crippen LogP contribution in [0.4, 0.5) is 0 Å². The first kappa shape index (κ1) is 47.9. The van der Waals surface area contributed by atoms with Crippen LogP contribution >= 0.6 is 0 Å². The van der Waals surface area contributed by atoms with E-state index in [1.165, 1.54) is 12.3 Å². The van der Waals surface area contributed by atoms with Crippen molar-refractivity contribution in [3.63, 3.8) is 0 Å². The molecule has 1 aromatic heterocycles. The largest absolute Gasteiger partial charge is 0.507 e. The number of allylic oxidation sites excluding steroid dienone is 5. The van der Waals surface area contributed by atoms with Crippen LogP contribution in [-0.4, -0.2) is 116 Å². The normalized spacial score (nSPS) is 30.6. The molecular weight excluding hydrogens is 736 g/mol. The predicted octanol–water partition coefficient (Wildman–Crippen LogP) is 3.46. The molecular formula is C43H66N2O12. The maximum atomic E-state index is 13.3. The number of Topliss-reactive ketones (excluding diaryl/α,β-unsaturated/α-hetero) is 1. The van der Waals surface area contributed by atoms with Gasteiger partial charge in [-0.15, -0.1) is 0 Å². The second kappa shape index (κ2) is 21.5. The third-order valence-corrected chi connectivity index (χ3v) is 11.6. The van der Waals surface area contributed by atoms with Crippen molar-refractivity contribution in [2.75, 3.05) is 13.7 Å². The van der Waals surface area contributed by atoms with Gasteiger partial charge in [0.2, 0.25) is 11.7 Å². The number of aromatic hydroxyl groups is 1. The lowest BCUT2D eigenvalue weighted by atomic mass is 9.71. The first-order valence-corrected chi connectivity index (χ1v) is 20.0. The van der Waals surface area contributed by atoms with Gasteiger partial charge < -0.3 is 55.2 Å². The molecule has 0 spiro atoms. The molecule has 2 unspecified atom stereocenters. The Labute approximate surface area is 336 Å². The first-order chi connectivity index (χ1) is 26.9. The summed E-state index contributed by atoms with van der Waals surface area (Å²) in [5, 5.41) is 68.0. The minimum absolute atomic E-state index is 0.0511. The van der Waals surface area contributed by atoms with Crippen LogP contribution in [0, 0.1) is 29.1 Å². The van der Waals surface area contributed by atoms with E-state index in [9.17, 15) is 45.0 Å². The summed E-state index contributed by atoms with van der Waals surface area (Å²) in [6.07, 6.45) is 9.83. The van der Waals surface area contributed by atoms with Gasteiger partial charge in [-0.05, 0) is 51.0 Å². The fourth-order valence-electron chi connectivity index (χ4n) is 7.89. The van der Waals surface area contributed by atoms with Gasteiger partial charge in [0.1, 0.15) is 35.7 Å². The van der Waals surface area contributed by atoms with Gasteiger partial charge in [-0.25, -0.2) is 0 Å². The van der Waals surface area contributed by atoms with Gasteiger partial charge in [-0.2, -0.15) is 0 Å². The van der Waals surface area contributed by atoms with Crippen LogP contribution in [-0.2, 0) is 19.0 Å². The number of aromatic nitrogens is 1. The van der Waals surface area contributed by atoms with Crippen molar-refractivity contribution < 1.29 is 54.4 Å². The number of amides is 1. The highest BCUT2D eigenvalue weighted by Gasteiger charge is 2.60. The van der Waals surface area contributed by atoms with E-state index in [1.54, 1.807) is 65.2 Å². The molecule has 0 radical (unpaired) electrons. The molecule has 2 saturated heterocycles. The molecule has 0 aliphatic carbocycles. The van der Waals surface area contributed by atoms with Crippen molar-refractivity contribution in [2.45, 2.75) is 135 Å². The predicted molar refractivity (Wildman–Crippen MR) is 215 cm³/mol. The van der Waals surface area contributed by atoms with E-state index >= 15 is 0 Å². The van der Waals surface area contributed by atoms with Crippen LogP contribution < -0.4 is 10.9 Å². The summed E-state index contributed by atoms with van der Waals surface area (Å²) in [7, 11) is 1.58. The van der Waals surface area contributed by atoms with Gasteiger partial charge >= 0.3 is 0 Å².